The number of pyridine rings is 1. The van der Waals surface area contributed by atoms with Crippen molar-refractivity contribution in [3.63, 3.8) is 0 Å². The molecule has 1 aromatic heterocycles. The van der Waals surface area contributed by atoms with Crippen molar-refractivity contribution in [1.29, 1.82) is 0 Å². The highest BCUT2D eigenvalue weighted by molar-refractivity contribution is 6.31. The summed E-state index contributed by atoms with van der Waals surface area (Å²) >= 11 is 6.17. The molecule has 0 radical (unpaired) electrons. The zero-order valence-electron chi connectivity index (χ0n) is 11.4. The van der Waals surface area contributed by atoms with Crippen LogP contribution >= 0.6 is 11.6 Å². The molecule has 20 heavy (non-hydrogen) atoms. The van der Waals surface area contributed by atoms with Crippen LogP contribution in [0.25, 0.3) is 0 Å². The lowest BCUT2D eigenvalue weighted by atomic mass is 9.91. The lowest BCUT2D eigenvalue weighted by molar-refractivity contribution is 0.587. The van der Waals surface area contributed by atoms with Gasteiger partial charge in [0.2, 0.25) is 5.56 Å². The van der Waals surface area contributed by atoms with E-state index in [0.717, 1.165) is 41.2 Å². The van der Waals surface area contributed by atoms with Crippen LogP contribution in [0, 0.1) is 6.92 Å². The van der Waals surface area contributed by atoms with Crippen molar-refractivity contribution in [2.24, 2.45) is 0 Å². The number of fused-ring (bicyclic) bond motifs is 1. The van der Waals surface area contributed by atoms with E-state index in [4.69, 9.17) is 11.6 Å². The standard InChI is InChI=1S/C16H17ClN2O/c1-10-5-6-11(9-13(10)17)18-14-3-2-4-15-12(14)7-8-16(20)19-15/h5-9,14,18H,2-4H2,1H3,(H,19,20). The minimum Gasteiger partial charge on any atom is -0.378 e. The van der Waals surface area contributed by atoms with Crippen molar-refractivity contribution in [3.05, 3.63) is 62.5 Å². The van der Waals surface area contributed by atoms with Gasteiger partial charge in [-0.3, -0.25) is 4.79 Å². The third kappa shape index (κ3) is 2.59. The summed E-state index contributed by atoms with van der Waals surface area (Å²) in [6.07, 6.45) is 3.08. The van der Waals surface area contributed by atoms with Crippen LogP contribution in [0.2, 0.25) is 5.02 Å². The number of aryl methyl sites for hydroxylation is 2. The highest BCUT2D eigenvalue weighted by Crippen LogP contribution is 2.31. The number of aromatic nitrogens is 1. The molecule has 0 saturated carbocycles. The molecule has 0 bridgehead atoms. The van der Waals surface area contributed by atoms with Crippen molar-refractivity contribution in [2.45, 2.75) is 32.2 Å². The van der Waals surface area contributed by atoms with Crippen LogP contribution in [-0.2, 0) is 6.42 Å². The number of anilines is 1. The van der Waals surface area contributed by atoms with E-state index in [9.17, 15) is 4.79 Å². The van der Waals surface area contributed by atoms with Crippen LogP contribution < -0.4 is 10.9 Å². The largest absolute Gasteiger partial charge is 0.378 e. The van der Waals surface area contributed by atoms with Gasteiger partial charge in [-0.15, -0.1) is 0 Å². The molecular formula is C16H17ClN2O. The molecule has 1 atom stereocenters. The predicted octanol–water partition coefficient (Wildman–Crippen LogP) is 3.83. The van der Waals surface area contributed by atoms with Gasteiger partial charge in [0.1, 0.15) is 0 Å². The van der Waals surface area contributed by atoms with Crippen molar-refractivity contribution in [2.75, 3.05) is 5.32 Å². The van der Waals surface area contributed by atoms with Crippen LogP contribution in [0.3, 0.4) is 0 Å². The Balaban J connectivity index is 1.89. The summed E-state index contributed by atoms with van der Waals surface area (Å²) in [5, 5.41) is 4.29. The summed E-state index contributed by atoms with van der Waals surface area (Å²) in [6.45, 7) is 1.99. The molecule has 1 heterocycles. The molecule has 2 N–H and O–H groups in total. The van der Waals surface area contributed by atoms with Crippen LogP contribution in [0.1, 0.15) is 35.7 Å². The smallest absolute Gasteiger partial charge is 0.248 e. The van der Waals surface area contributed by atoms with Crippen LogP contribution in [0.5, 0.6) is 0 Å². The fraction of sp³-hybridized carbons (Fsp3) is 0.312. The molecule has 4 heteroatoms. The average Bonchev–Trinajstić information content (AvgIpc) is 2.43. The molecule has 1 aliphatic rings. The number of H-pyrrole nitrogens is 1. The SMILES string of the molecule is Cc1ccc(NC2CCCc3[nH]c(=O)ccc32)cc1Cl. The first-order valence-electron chi connectivity index (χ1n) is 6.88. The van der Waals surface area contributed by atoms with E-state index in [1.54, 1.807) is 6.07 Å². The Morgan fingerprint density at radius 1 is 1.30 bits per heavy atom. The Labute approximate surface area is 123 Å². The first-order chi connectivity index (χ1) is 9.63. The van der Waals surface area contributed by atoms with Gasteiger partial charge in [0, 0.05) is 22.5 Å². The molecule has 3 nitrogen and oxygen atoms in total. The van der Waals surface area contributed by atoms with Gasteiger partial charge in [0.15, 0.2) is 0 Å². The molecule has 1 aliphatic carbocycles. The zero-order chi connectivity index (χ0) is 14.1. The molecule has 3 rings (SSSR count). The van der Waals surface area contributed by atoms with E-state index in [1.807, 2.05) is 31.2 Å². The van der Waals surface area contributed by atoms with Crippen LogP contribution in [0.15, 0.2) is 35.1 Å². The minimum atomic E-state index is -0.0252. The topological polar surface area (TPSA) is 44.9 Å². The van der Waals surface area contributed by atoms with Gasteiger partial charge in [0.05, 0.1) is 6.04 Å². The molecule has 1 aromatic carbocycles. The lowest BCUT2D eigenvalue weighted by Crippen LogP contribution is -2.21. The van der Waals surface area contributed by atoms with Gasteiger partial charge in [-0.05, 0) is 55.5 Å². The molecule has 2 aromatic rings. The second-order valence-corrected chi connectivity index (χ2v) is 5.72. The maximum Gasteiger partial charge on any atom is 0.248 e. The Hall–Kier alpha value is -1.74. The van der Waals surface area contributed by atoms with E-state index in [-0.39, 0.29) is 11.6 Å². The van der Waals surface area contributed by atoms with E-state index in [0.29, 0.717) is 0 Å². The van der Waals surface area contributed by atoms with E-state index in [2.05, 4.69) is 10.3 Å². The molecule has 0 amide bonds. The van der Waals surface area contributed by atoms with Gasteiger partial charge >= 0.3 is 0 Å². The second-order valence-electron chi connectivity index (χ2n) is 5.31. The van der Waals surface area contributed by atoms with E-state index in [1.165, 1.54) is 5.56 Å². The summed E-state index contributed by atoms with van der Waals surface area (Å²) in [5.41, 5.74) is 4.31. The molecule has 0 spiro atoms. The Morgan fingerprint density at radius 3 is 2.95 bits per heavy atom. The third-order valence-electron chi connectivity index (χ3n) is 3.84. The number of halogens is 1. The fourth-order valence-electron chi connectivity index (χ4n) is 2.73. The Morgan fingerprint density at radius 2 is 2.15 bits per heavy atom. The molecule has 0 saturated heterocycles. The summed E-state index contributed by atoms with van der Waals surface area (Å²) in [4.78, 5) is 14.3. The number of nitrogens with one attached hydrogen (secondary N) is 2. The second kappa shape index (κ2) is 5.33. The Kier molecular flexibility index (Phi) is 3.53. The fourth-order valence-corrected chi connectivity index (χ4v) is 2.91. The average molecular weight is 289 g/mol. The summed E-state index contributed by atoms with van der Waals surface area (Å²) < 4.78 is 0. The van der Waals surface area contributed by atoms with Gasteiger partial charge in [-0.2, -0.15) is 0 Å². The maximum atomic E-state index is 11.4. The summed E-state index contributed by atoms with van der Waals surface area (Å²) in [5.74, 6) is 0. The van der Waals surface area contributed by atoms with Crippen molar-refractivity contribution < 1.29 is 0 Å². The first-order valence-corrected chi connectivity index (χ1v) is 7.26. The molecular weight excluding hydrogens is 272 g/mol. The van der Waals surface area contributed by atoms with Gasteiger partial charge in [-0.1, -0.05) is 17.7 Å². The Bertz CT molecular complexity index is 693. The number of benzene rings is 1. The number of hydrogen-bond donors (Lipinski definition) is 2. The molecule has 0 aliphatic heterocycles. The highest BCUT2D eigenvalue weighted by atomic mass is 35.5. The molecule has 1 unspecified atom stereocenters. The van der Waals surface area contributed by atoms with Crippen LogP contribution in [-0.4, -0.2) is 4.98 Å². The van der Waals surface area contributed by atoms with Crippen molar-refractivity contribution in [1.82, 2.24) is 4.98 Å². The van der Waals surface area contributed by atoms with E-state index < -0.39 is 0 Å². The molecule has 0 fully saturated rings. The van der Waals surface area contributed by atoms with Gasteiger partial charge < -0.3 is 10.3 Å². The zero-order valence-corrected chi connectivity index (χ0v) is 12.1. The lowest BCUT2D eigenvalue weighted by Gasteiger charge is -2.27. The van der Waals surface area contributed by atoms with Crippen molar-refractivity contribution >= 4 is 17.3 Å². The quantitative estimate of drug-likeness (QED) is 0.882. The monoisotopic (exact) mass is 288 g/mol. The number of hydrogen-bond acceptors (Lipinski definition) is 2. The highest BCUT2D eigenvalue weighted by Gasteiger charge is 2.20. The van der Waals surface area contributed by atoms with Crippen molar-refractivity contribution in [3.8, 4) is 0 Å². The number of aromatic amines is 1. The number of rotatable bonds is 2. The minimum absolute atomic E-state index is 0.0252. The first kappa shape index (κ1) is 13.3. The summed E-state index contributed by atoms with van der Waals surface area (Å²) in [6, 6.07) is 9.77. The van der Waals surface area contributed by atoms with Gasteiger partial charge in [-0.25, -0.2) is 0 Å². The molecule has 104 valence electrons. The maximum absolute atomic E-state index is 11.4. The van der Waals surface area contributed by atoms with Crippen LogP contribution in [0.4, 0.5) is 5.69 Å². The normalized spacial score (nSPS) is 17.6. The van der Waals surface area contributed by atoms with E-state index >= 15 is 0 Å². The summed E-state index contributed by atoms with van der Waals surface area (Å²) in [7, 11) is 0. The predicted molar refractivity (Wildman–Crippen MR) is 82.6 cm³/mol. The third-order valence-corrected chi connectivity index (χ3v) is 4.25. The van der Waals surface area contributed by atoms with Gasteiger partial charge in [0.25, 0.3) is 0 Å².